The molecule has 0 saturated heterocycles. The van der Waals surface area contributed by atoms with E-state index in [4.69, 9.17) is 23.2 Å². The largest absolute Gasteiger partial charge is 0.126 e. The van der Waals surface area contributed by atoms with Crippen molar-refractivity contribution in [3.05, 3.63) is 12.2 Å². The van der Waals surface area contributed by atoms with E-state index in [1.165, 1.54) is 0 Å². The SMILES string of the molecule is C=C(C)CC(C)(CCl)CCl. The summed E-state index contributed by atoms with van der Waals surface area (Å²) < 4.78 is 0. The first-order valence-corrected chi connectivity index (χ1v) is 4.37. The van der Waals surface area contributed by atoms with E-state index in [0.29, 0.717) is 11.8 Å². The Morgan fingerprint density at radius 1 is 1.40 bits per heavy atom. The number of hydrogen-bond donors (Lipinski definition) is 0. The van der Waals surface area contributed by atoms with E-state index < -0.39 is 0 Å². The van der Waals surface area contributed by atoms with Crippen LogP contribution in [0.4, 0.5) is 0 Å². The lowest BCUT2D eigenvalue weighted by molar-refractivity contribution is 0.424. The number of halogens is 2. The molecule has 0 saturated carbocycles. The van der Waals surface area contributed by atoms with Gasteiger partial charge in [-0.1, -0.05) is 12.5 Å². The average Bonchev–Trinajstić information content (AvgIpc) is 1.87. The molecule has 0 nitrogen and oxygen atoms in total. The van der Waals surface area contributed by atoms with E-state index in [1.54, 1.807) is 0 Å². The first-order valence-electron chi connectivity index (χ1n) is 3.30. The summed E-state index contributed by atoms with van der Waals surface area (Å²) in [6.07, 6.45) is 0.917. The number of alkyl halides is 2. The van der Waals surface area contributed by atoms with Gasteiger partial charge in [0.15, 0.2) is 0 Å². The minimum Gasteiger partial charge on any atom is -0.126 e. The van der Waals surface area contributed by atoms with Crippen molar-refractivity contribution in [1.29, 1.82) is 0 Å². The van der Waals surface area contributed by atoms with Crippen molar-refractivity contribution in [2.75, 3.05) is 11.8 Å². The molecule has 0 aromatic carbocycles. The zero-order valence-corrected chi connectivity index (χ0v) is 8.10. The van der Waals surface area contributed by atoms with Crippen LogP contribution in [0.15, 0.2) is 12.2 Å². The third kappa shape index (κ3) is 3.48. The van der Waals surface area contributed by atoms with E-state index in [-0.39, 0.29) is 5.41 Å². The quantitative estimate of drug-likeness (QED) is 0.460. The van der Waals surface area contributed by atoms with Gasteiger partial charge in [0, 0.05) is 11.8 Å². The molecule has 0 aliphatic heterocycles. The molecule has 2 heteroatoms. The zero-order chi connectivity index (χ0) is 8.20. The smallest absolute Gasteiger partial charge is 0.0291 e. The molecule has 0 spiro atoms. The van der Waals surface area contributed by atoms with E-state index in [2.05, 4.69) is 13.5 Å². The summed E-state index contributed by atoms with van der Waals surface area (Å²) in [5, 5.41) is 0. The number of rotatable bonds is 4. The predicted molar refractivity (Wildman–Crippen MR) is 49.0 cm³/mol. The molecule has 0 radical (unpaired) electrons. The fraction of sp³-hybridized carbons (Fsp3) is 0.750. The van der Waals surface area contributed by atoms with Gasteiger partial charge in [-0.05, 0) is 18.8 Å². The van der Waals surface area contributed by atoms with Crippen molar-refractivity contribution in [3.8, 4) is 0 Å². The van der Waals surface area contributed by atoms with Crippen LogP contribution < -0.4 is 0 Å². The van der Waals surface area contributed by atoms with Gasteiger partial charge >= 0.3 is 0 Å². The molecule has 0 aromatic rings. The molecule has 0 rings (SSSR count). The molecule has 0 N–H and O–H groups in total. The van der Waals surface area contributed by atoms with Crippen LogP contribution in [0.5, 0.6) is 0 Å². The Labute approximate surface area is 73.2 Å². The lowest BCUT2D eigenvalue weighted by Crippen LogP contribution is -2.20. The fourth-order valence-electron chi connectivity index (χ4n) is 0.859. The van der Waals surface area contributed by atoms with Gasteiger partial charge in [0.1, 0.15) is 0 Å². The van der Waals surface area contributed by atoms with Crippen molar-refractivity contribution in [3.63, 3.8) is 0 Å². The summed E-state index contributed by atoms with van der Waals surface area (Å²) >= 11 is 11.5. The van der Waals surface area contributed by atoms with E-state index in [0.717, 1.165) is 12.0 Å². The average molecular weight is 181 g/mol. The second kappa shape index (κ2) is 4.25. The molecule has 0 amide bonds. The Kier molecular flexibility index (Phi) is 4.39. The van der Waals surface area contributed by atoms with Gasteiger partial charge < -0.3 is 0 Å². The van der Waals surface area contributed by atoms with Crippen LogP contribution >= 0.6 is 23.2 Å². The van der Waals surface area contributed by atoms with Crippen molar-refractivity contribution >= 4 is 23.2 Å². The van der Waals surface area contributed by atoms with Gasteiger partial charge in [-0.25, -0.2) is 0 Å². The number of allylic oxidation sites excluding steroid dienone is 1. The van der Waals surface area contributed by atoms with Crippen LogP contribution in [-0.2, 0) is 0 Å². The Morgan fingerprint density at radius 3 is 1.90 bits per heavy atom. The lowest BCUT2D eigenvalue weighted by Gasteiger charge is -2.23. The second-order valence-electron chi connectivity index (χ2n) is 3.21. The number of hydrogen-bond acceptors (Lipinski definition) is 0. The summed E-state index contributed by atoms with van der Waals surface area (Å²) in [6.45, 7) is 7.89. The van der Waals surface area contributed by atoms with Crippen LogP contribution in [0.25, 0.3) is 0 Å². The highest BCUT2D eigenvalue weighted by molar-refractivity contribution is 6.21. The maximum absolute atomic E-state index is 5.73. The molecule has 0 bridgehead atoms. The molecule has 60 valence electrons. The molecule has 0 atom stereocenters. The summed E-state index contributed by atoms with van der Waals surface area (Å²) in [7, 11) is 0. The molecule has 0 aliphatic carbocycles. The van der Waals surface area contributed by atoms with Crippen LogP contribution in [0.1, 0.15) is 20.3 Å². The van der Waals surface area contributed by atoms with Crippen LogP contribution in [0.2, 0.25) is 0 Å². The first kappa shape index (κ1) is 10.3. The lowest BCUT2D eigenvalue weighted by atomic mass is 9.88. The minimum atomic E-state index is 0.0367. The predicted octanol–water partition coefficient (Wildman–Crippen LogP) is 3.44. The molecule has 0 unspecified atom stereocenters. The first-order chi connectivity index (χ1) is 4.54. The monoisotopic (exact) mass is 180 g/mol. The highest BCUT2D eigenvalue weighted by atomic mass is 35.5. The highest BCUT2D eigenvalue weighted by Gasteiger charge is 2.21. The van der Waals surface area contributed by atoms with Gasteiger partial charge in [0.2, 0.25) is 0 Å². The van der Waals surface area contributed by atoms with Crippen molar-refractivity contribution in [2.24, 2.45) is 5.41 Å². The Hall–Kier alpha value is 0.320. The van der Waals surface area contributed by atoms with E-state index >= 15 is 0 Å². The standard InChI is InChI=1S/C8H14Cl2/c1-7(2)4-8(3,5-9)6-10/h1,4-6H2,2-3H3. The summed E-state index contributed by atoms with van der Waals surface area (Å²) in [5.74, 6) is 1.20. The Balaban J connectivity index is 3.92. The van der Waals surface area contributed by atoms with Gasteiger partial charge in [-0.2, -0.15) is 0 Å². The molecule has 0 aliphatic rings. The summed E-state index contributed by atoms with van der Waals surface area (Å²) in [6, 6.07) is 0. The molecule has 0 fully saturated rings. The van der Waals surface area contributed by atoms with Crippen LogP contribution in [0, 0.1) is 5.41 Å². The molecule has 0 heterocycles. The van der Waals surface area contributed by atoms with Gasteiger partial charge in [0.25, 0.3) is 0 Å². The summed E-state index contributed by atoms with van der Waals surface area (Å²) in [4.78, 5) is 0. The van der Waals surface area contributed by atoms with E-state index in [9.17, 15) is 0 Å². The molecular formula is C8H14Cl2. The zero-order valence-electron chi connectivity index (χ0n) is 6.58. The minimum absolute atomic E-state index is 0.0367. The Morgan fingerprint density at radius 2 is 1.80 bits per heavy atom. The van der Waals surface area contributed by atoms with Gasteiger partial charge in [-0.3, -0.25) is 0 Å². The molecule has 10 heavy (non-hydrogen) atoms. The topological polar surface area (TPSA) is 0 Å². The molecular weight excluding hydrogens is 167 g/mol. The van der Waals surface area contributed by atoms with Crippen molar-refractivity contribution in [2.45, 2.75) is 20.3 Å². The van der Waals surface area contributed by atoms with Crippen LogP contribution in [0.3, 0.4) is 0 Å². The Bertz CT molecular complexity index is 114. The summed E-state index contributed by atoms with van der Waals surface area (Å²) in [5.41, 5.74) is 1.18. The molecule has 0 aromatic heterocycles. The van der Waals surface area contributed by atoms with Gasteiger partial charge in [0.05, 0.1) is 0 Å². The van der Waals surface area contributed by atoms with Crippen LogP contribution in [-0.4, -0.2) is 11.8 Å². The van der Waals surface area contributed by atoms with Crippen molar-refractivity contribution in [1.82, 2.24) is 0 Å². The normalized spacial score (nSPS) is 11.6. The fourth-order valence-corrected chi connectivity index (χ4v) is 1.33. The van der Waals surface area contributed by atoms with E-state index in [1.807, 2.05) is 6.92 Å². The van der Waals surface area contributed by atoms with Crippen molar-refractivity contribution < 1.29 is 0 Å². The van der Waals surface area contributed by atoms with Gasteiger partial charge in [-0.15, -0.1) is 29.8 Å². The maximum Gasteiger partial charge on any atom is 0.0291 e. The maximum atomic E-state index is 5.73. The second-order valence-corrected chi connectivity index (χ2v) is 3.75. The highest BCUT2D eigenvalue weighted by Crippen LogP contribution is 2.27. The third-order valence-corrected chi connectivity index (χ3v) is 2.66. The third-order valence-electron chi connectivity index (χ3n) is 1.37.